The van der Waals surface area contributed by atoms with Crippen molar-refractivity contribution in [2.24, 2.45) is 0 Å². The minimum absolute atomic E-state index is 0.0774. The molecule has 2 aromatic carbocycles. The fourth-order valence-electron chi connectivity index (χ4n) is 1.58. The monoisotopic (exact) mass is 432 g/mol. The highest BCUT2D eigenvalue weighted by Crippen LogP contribution is 2.36. The number of alkyl halides is 1. The van der Waals surface area contributed by atoms with E-state index in [4.69, 9.17) is 34.8 Å². The van der Waals surface area contributed by atoms with E-state index in [2.05, 4.69) is 22.6 Å². The molecule has 0 fully saturated rings. The Balaban J connectivity index is 2.46. The first kappa shape index (κ1) is 15.3. The van der Waals surface area contributed by atoms with E-state index in [9.17, 15) is 8.78 Å². The molecule has 0 amide bonds. The van der Waals surface area contributed by atoms with Crippen LogP contribution in [0, 0.1) is 15.2 Å². The van der Waals surface area contributed by atoms with Crippen LogP contribution in [0.15, 0.2) is 30.3 Å². The smallest absolute Gasteiger partial charge is 0.160 e. The fourth-order valence-corrected chi connectivity index (χ4v) is 2.74. The van der Waals surface area contributed by atoms with E-state index < -0.39 is 17.0 Å². The summed E-state index contributed by atoms with van der Waals surface area (Å²) in [4.78, 5) is 0. The third-order valence-electron chi connectivity index (χ3n) is 2.55. The normalized spacial score (nSPS) is 12.5. The molecule has 2 aromatic rings. The lowest BCUT2D eigenvalue weighted by molar-refractivity contribution is 0.507. The summed E-state index contributed by atoms with van der Waals surface area (Å²) < 4.78 is 27.2. The van der Waals surface area contributed by atoms with Gasteiger partial charge < -0.3 is 0 Å². The summed E-state index contributed by atoms with van der Waals surface area (Å²) in [6.45, 7) is 0. The molecule has 0 nitrogen and oxygen atoms in total. The Kier molecular flexibility index (Phi) is 4.93. The van der Waals surface area contributed by atoms with Gasteiger partial charge in [0.25, 0.3) is 0 Å². The first-order chi connectivity index (χ1) is 8.90. The Bertz CT molecular complexity index is 632. The van der Waals surface area contributed by atoms with E-state index in [-0.39, 0.29) is 5.02 Å². The van der Waals surface area contributed by atoms with E-state index in [0.717, 1.165) is 15.7 Å². The molecule has 0 aliphatic rings. The second-order valence-electron chi connectivity index (χ2n) is 3.82. The van der Waals surface area contributed by atoms with Gasteiger partial charge in [-0.05, 0) is 58.0 Å². The molecule has 0 N–H and O–H groups in total. The van der Waals surface area contributed by atoms with Crippen molar-refractivity contribution in [3.8, 4) is 0 Å². The van der Waals surface area contributed by atoms with Gasteiger partial charge in [-0.1, -0.05) is 29.3 Å². The van der Waals surface area contributed by atoms with Crippen LogP contribution in [0.2, 0.25) is 10.0 Å². The predicted molar refractivity (Wildman–Crippen MR) is 83.2 cm³/mol. The number of hydrogen-bond acceptors (Lipinski definition) is 0. The van der Waals surface area contributed by atoms with Crippen LogP contribution in [0.1, 0.15) is 16.5 Å². The molecule has 19 heavy (non-hydrogen) atoms. The molecule has 100 valence electrons. The highest BCUT2D eigenvalue weighted by molar-refractivity contribution is 14.1. The Hall–Kier alpha value is -0.100. The highest BCUT2D eigenvalue weighted by atomic mass is 127. The molecule has 0 heterocycles. The first-order valence-electron chi connectivity index (χ1n) is 5.13. The van der Waals surface area contributed by atoms with Gasteiger partial charge in [-0.15, -0.1) is 11.6 Å². The van der Waals surface area contributed by atoms with Gasteiger partial charge in [0, 0.05) is 8.59 Å². The Labute approximate surface area is 137 Å². The summed E-state index contributed by atoms with van der Waals surface area (Å²) in [5.41, 5.74) is 0.972. The van der Waals surface area contributed by atoms with Gasteiger partial charge in [0.15, 0.2) is 11.6 Å². The molecule has 0 aliphatic carbocycles. The van der Waals surface area contributed by atoms with Crippen molar-refractivity contribution >= 4 is 57.4 Å². The molecule has 0 saturated heterocycles. The van der Waals surface area contributed by atoms with Gasteiger partial charge in [0.2, 0.25) is 0 Å². The summed E-state index contributed by atoms with van der Waals surface area (Å²) in [6, 6.07) is 7.15. The van der Waals surface area contributed by atoms with Crippen LogP contribution in [0.3, 0.4) is 0 Å². The molecule has 0 aromatic heterocycles. The molecule has 2 rings (SSSR count). The predicted octanol–water partition coefficient (Wildman–Crippen LogP) is 6.20. The van der Waals surface area contributed by atoms with E-state index >= 15 is 0 Å². The molecule has 1 atom stereocenters. The largest absolute Gasteiger partial charge is 0.204 e. The van der Waals surface area contributed by atoms with Crippen molar-refractivity contribution in [2.75, 3.05) is 0 Å². The zero-order chi connectivity index (χ0) is 14.2. The van der Waals surface area contributed by atoms with Crippen molar-refractivity contribution in [1.82, 2.24) is 0 Å². The number of hydrogen-bond donors (Lipinski definition) is 0. The third kappa shape index (κ3) is 3.32. The minimum atomic E-state index is -1.00. The average Bonchev–Trinajstić information content (AvgIpc) is 2.36. The van der Waals surface area contributed by atoms with E-state index in [1.165, 1.54) is 0 Å². The second-order valence-corrected chi connectivity index (χ2v) is 6.24. The molecule has 0 bridgehead atoms. The third-order valence-corrected chi connectivity index (χ3v) is 4.94. The summed E-state index contributed by atoms with van der Waals surface area (Å²) in [7, 11) is 0. The van der Waals surface area contributed by atoms with Gasteiger partial charge >= 0.3 is 0 Å². The lowest BCUT2D eigenvalue weighted by Crippen LogP contribution is -1.98. The van der Waals surface area contributed by atoms with Crippen molar-refractivity contribution in [2.45, 2.75) is 5.38 Å². The van der Waals surface area contributed by atoms with Crippen molar-refractivity contribution in [1.29, 1.82) is 0 Å². The van der Waals surface area contributed by atoms with E-state index in [1.807, 2.05) is 0 Å². The number of rotatable bonds is 2. The SMILES string of the molecule is Fc1cc(Cl)c(C(Cl)c2ccc(I)c(Cl)c2)cc1F. The first-order valence-corrected chi connectivity index (χ1v) is 7.40. The molecule has 6 heteroatoms. The Morgan fingerprint density at radius 1 is 0.947 bits per heavy atom. The second kappa shape index (κ2) is 6.12. The van der Waals surface area contributed by atoms with Crippen LogP contribution in [0.4, 0.5) is 8.78 Å². The average molecular weight is 433 g/mol. The van der Waals surface area contributed by atoms with Crippen LogP contribution >= 0.6 is 57.4 Å². The summed E-state index contributed by atoms with van der Waals surface area (Å²) in [5, 5.41) is -0.0758. The van der Waals surface area contributed by atoms with Gasteiger partial charge in [-0.25, -0.2) is 8.78 Å². The van der Waals surface area contributed by atoms with Gasteiger partial charge in [0.05, 0.1) is 10.4 Å². The maximum absolute atomic E-state index is 13.3. The summed E-state index contributed by atoms with van der Waals surface area (Å²) >= 11 is 20.2. The molecular formula is C13H6Cl3F2I. The molecule has 0 saturated carbocycles. The molecular weight excluding hydrogens is 427 g/mol. The van der Waals surface area contributed by atoms with E-state index in [0.29, 0.717) is 16.1 Å². The maximum Gasteiger partial charge on any atom is 0.160 e. The Morgan fingerprint density at radius 2 is 1.58 bits per heavy atom. The molecule has 0 radical (unpaired) electrons. The molecule has 1 unspecified atom stereocenters. The van der Waals surface area contributed by atoms with Crippen molar-refractivity contribution < 1.29 is 8.78 Å². The van der Waals surface area contributed by atoms with Gasteiger partial charge in [-0.2, -0.15) is 0 Å². The number of halogens is 6. The maximum atomic E-state index is 13.3. The standard InChI is InChI=1S/C13H6Cl3F2I/c14-8-5-11(18)10(17)4-7(8)13(16)6-1-2-12(19)9(15)3-6/h1-5,13H. The van der Waals surface area contributed by atoms with Gasteiger partial charge in [-0.3, -0.25) is 0 Å². The van der Waals surface area contributed by atoms with Crippen LogP contribution < -0.4 is 0 Å². The minimum Gasteiger partial charge on any atom is -0.204 e. The van der Waals surface area contributed by atoms with Crippen LogP contribution in [-0.2, 0) is 0 Å². The lowest BCUT2D eigenvalue weighted by atomic mass is 10.0. The summed E-state index contributed by atoms with van der Waals surface area (Å²) in [5.74, 6) is -1.99. The van der Waals surface area contributed by atoms with E-state index in [1.54, 1.807) is 18.2 Å². The molecule has 0 spiro atoms. The highest BCUT2D eigenvalue weighted by Gasteiger charge is 2.18. The Morgan fingerprint density at radius 3 is 2.21 bits per heavy atom. The van der Waals surface area contributed by atoms with Gasteiger partial charge in [0.1, 0.15) is 0 Å². The summed E-state index contributed by atoms with van der Waals surface area (Å²) in [6.07, 6.45) is 0. The zero-order valence-electron chi connectivity index (χ0n) is 9.23. The quantitative estimate of drug-likeness (QED) is 0.300. The zero-order valence-corrected chi connectivity index (χ0v) is 13.7. The van der Waals surface area contributed by atoms with Crippen molar-refractivity contribution in [3.05, 3.63) is 66.7 Å². The van der Waals surface area contributed by atoms with Crippen molar-refractivity contribution in [3.63, 3.8) is 0 Å². The lowest BCUT2D eigenvalue weighted by Gasteiger charge is -2.13. The number of benzene rings is 2. The van der Waals surface area contributed by atoms with Crippen LogP contribution in [0.25, 0.3) is 0 Å². The topological polar surface area (TPSA) is 0 Å². The van der Waals surface area contributed by atoms with Crippen LogP contribution in [0.5, 0.6) is 0 Å². The fraction of sp³-hybridized carbons (Fsp3) is 0.0769. The molecule has 0 aliphatic heterocycles. The van der Waals surface area contributed by atoms with Crippen LogP contribution in [-0.4, -0.2) is 0 Å².